The number of anilines is 1. The maximum atomic E-state index is 11.6. The standard InChI is InChI=1S/C13H13Cl2N3O2/c1-20-5-4-17-13(19)9(7-16)8-18-10-2-3-11(14)12(15)6-10/h2-3,6,8,18H,4-5H2,1H3,(H,17,19)/b9-8-. The van der Waals surface area contributed by atoms with Gasteiger partial charge in [0.05, 0.1) is 16.7 Å². The van der Waals surface area contributed by atoms with Crippen LogP contribution >= 0.6 is 23.2 Å². The van der Waals surface area contributed by atoms with Crippen LogP contribution in [0.3, 0.4) is 0 Å². The number of amides is 1. The van der Waals surface area contributed by atoms with Crippen LogP contribution in [-0.4, -0.2) is 26.2 Å². The molecule has 0 aliphatic carbocycles. The normalized spacial score (nSPS) is 10.8. The number of carbonyl (C=O) groups excluding carboxylic acids is 1. The number of ether oxygens (including phenoxy) is 1. The van der Waals surface area contributed by atoms with Gasteiger partial charge >= 0.3 is 0 Å². The number of benzene rings is 1. The average Bonchev–Trinajstić information content (AvgIpc) is 2.43. The van der Waals surface area contributed by atoms with Crippen LogP contribution in [-0.2, 0) is 9.53 Å². The van der Waals surface area contributed by atoms with E-state index in [0.717, 1.165) is 0 Å². The van der Waals surface area contributed by atoms with Gasteiger partial charge in [0.2, 0.25) is 0 Å². The lowest BCUT2D eigenvalue weighted by Gasteiger charge is -2.05. The van der Waals surface area contributed by atoms with E-state index >= 15 is 0 Å². The number of hydrogen-bond donors (Lipinski definition) is 2. The fourth-order valence-corrected chi connectivity index (χ4v) is 1.55. The molecule has 2 N–H and O–H groups in total. The molecule has 1 aromatic carbocycles. The zero-order valence-corrected chi connectivity index (χ0v) is 12.3. The summed E-state index contributed by atoms with van der Waals surface area (Å²) in [5.41, 5.74) is 0.573. The molecule has 0 aliphatic heterocycles. The van der Waals surface area contributed by atoms with E-state index < -0.39 is 5.91 Å². The third kappa shape index (κ3) is 5.10. The topological polar surface area (TPSA) is 74.1 Å². The minimum absolute atomic E-state index is 0.0489. The van der Waals surface area contributed by atoms with Gasteiger partial charge in [-0.2, -0.15) is 5.26 Å². The molecule has 0 fully saturated rings. The highest BCUT2D eigenvalue weighted by molar-refractivity contribution is 6.42. The van der Waals surface area contributed by atoms with Crippen molar-refractivity contribution in [3.05, 3.63) is 40.0 Å². The largest absolute Gasteiger partial charge is 0.383 e. The SMILES string of the molecule is COCCNC(=O)/C(C#N)=C\Nc1ccc(Cl)c(Cl)c1. The maximum Gasteiger partial charge on any atom is 0.263 e. The lowest BCUT2D eigenvalue weighted by atomic mass is 10.2. The number of nitrogens with zero attached hydrogens (tertiary/aromatic N) is 1. The van der Waals surface area contributed by atoms with Crippen molar-refractivity contribution in [1.29, 1.82) is 5.26 Å². The van der Waals surface area contributed by atoms with Gasteiger partial charge in [-0.1, -0.05) is 23.2 Å². The highest BCUT2D eigenvalue weighted by atomic mass is 35.5. The van der Waals surface area contributed by atoms with Gasteiger partial charge in [0.15, 0.2) is 0 Å². The number of nitriles is 1. The summed E-state index contributed by atoms with van der Waals surface area (Å²) in [5.74, 6) is -0.475. The molecule has 5 nitrogen and oxygen atoms in total. The summed E-state index contributed by atoms with van der Waals surface area (Å²) in [6, 6.07) is 6.71. The predicted octanol–water partition coefficient (Wildman–Crippen LogP) is 2.58. The molecule has 20 heavy (non-hydrogen) atoms. The van der Waals surface area contributed by atoms with E-state index in [-0.39, 0.29) is 5.57 Å². The molecule has 0 unspecified atom stereocenters. The molecule has 0 saturated carbocycles. The fraction of sp³-hybridized carbons (Fsp3) is 0.231. The minimum atomic E-state index is -0.475. The van der Waals surface area contributed by atoms with E-state index in [0.29, 0.717) is 28.9 Å². The first-order valence-corrected chi connectivity index (χ1v) is 6.43. The molecule has 0 radical (unpaired) electrons. The summed E-state index contributed by atoms with van der Waals surface area (Å²) in [6.07, 6.45) is 1.31. The molecule has 0 saturated heterocycles. The third-order valence-corrected chi connectivity index (χ3v) is 3.00. The average molecular weight is 314 g/mol. The summed E-state index contributed by atoms with van der Waals surface area (Å²) in [7, 11) is 1.53. The number of rotatable bonds is 6. The summed E-state index contributed by atoms with van der Waals surface area (Å²) in [6.45, 7) is 0.714. The summed E-state index contributed by atoms with van der Waals surface area (Å²) >= 11 is 11.6. The van der Waals surface area contributed by atoms with Crippen molar-refractivity contribution in [2.24, 2.45) is 0 Å². The second-order valence-electron chi connectivity index (χ2n) is 3.69. The fourth-order valence-electron chi connectivity index (χ4n) is 1.25. The Hall–Kier alpha value is -1.74. The van der Waals surface area contributed by atoms with E-state index in [1.807, 2.05) is 6.07 Å². The molecule has 0 spiro atoms. The van der Waals surface area contributed by atoms with Crippen molar-refractivity contribution in [3.8, 4) is 6.07 Å². The van der Waals surface area contributed by atoms with Crippen LogP contribution in [0.25, 0.3) is 0 Å². The Morgan fingerprint density at radius 1 is 1.45 bits per heavy atom. The molecule has 1 aromatic rings. The molecule has 0 aliphatic rings. The Balaban J connectivity index is 2.67. The van der Waals surface area contributed by atoms with Crippen LogP contribution in [0, 0.1) is 11.3 Å². The highest BCUT2D eigenvalue weighted by Crippen LogP contribution is 2.25. The first-order chi connectivity index (χ1) is 9.58. The van der Waals surface area contributed by atoms with Gasteiger partial charge in [-0.05, 0) is 18.2 Å². The third-order valence-electron chi connectivity index (χ3n) is 2.26. The summed E-state index contributed by atoms with van der Waals surface area (Å²) < 4.78 is 4.80. The Morgan fingerprint density at radius 3 is 2.80 bits per heavy atom. The van der Waals surface area contributed by atoms with Crippen molar-refractivity contribution in [3.63, 3.8) is 0 Å². The van der Waals surface area contributed by atoms with Crippen molar-refractivity contribution >= 4 is 34.8 Å². The molecular weight excluding hydrogens is 301 g/mol. The van der Waals surface area contributed by atoms with Gasteiger partial charge in [0.25, 0.3) is 5.91 Å². The first-order valence-electron chi connectivity index (χ1n) is 5.67. The van der Waals surface area contributed by atoms with Gasteiger partial charge in [0, 0.05) is 25.5 Å². The van der Waals surface area contributed by atoms with Gasteiger partial charge in [-0.15, -0.1) is 0 Å². The van der Waals surface area contributed by atoms with Gasteiger partial charge in [-0.25, -0.2) is 0 Å². The van der Waals surface area contributed by atoms with E-state index in [1.54, 1.807) is 18.2 Å². The molecule has 7 heteroatoms. The van der Waals surface area contributed by atoms with E-state index in [1.165, 1.54) is 13.3 Å². The predicted molar refractivity (Wildman–Crippen MR) is 78.7 cm³/mol. The second kappa shape index (κ2) is 8.43. The quantitative estimate of drug-likeness (QED) is 0.481. The molecule has 0 aromatic heterocycles. The van der Waals surface area contributed by atoms with E-state index in [9.17, 15) is 4.79 Å². The minimum Gasteiger partial charge on any atom is -0.383 e. The smallest absolute Gasteiger partial charge is 0.263 e. The number of carbonyl (C=O) groups is 1. The van der Waals surface area contributed by atoms with Gasteiger partial charge < -0.3 is 15.4 Å². The molecule has 0 bridgehead atoms. The molecule has 106 valence electrons. The maximum absolute atomic E-state index is 11.6. The summed E-state index contributed by atoms with van der Waals surface area (Å²) in [5, 5.41) is 15.1. The zero-order valence-electron chi connectivity index (χ0n) is 10.7. The number of hydrogen-bond acceptors (Lipinski definition) is 4. The Kier molecular flexibility index (Phi) is 6.88. The van der Waals surface area contributed by atoms with Crippen molar-refractivity contribution in [2.45, 2.75) is 0 Å². The molecule has 1 amide bonds. The first kappa shape index (κ1) is 16.3. The van der Waals surface area contributed by atoms with Crippen LogP contribution in [0.15, 0.2) is 30.0 Å². The summed E-state index contributed by atoms with van der Waals surface area (Å²) in [4.78, 5) is 11.6. The lowest BCUT2D eigenvalue weighted by Crippen LogP contribution is -2.28. The number of nitrogens with one attached hydrogen (secondary N) is 2. The van der Waals surface area contributed by atoms with Gasteiger partial charge in [-0.3, -0.25) is 4.79 Å². The Bertz CT molecular complexity index is 553. The van der Waals surface area contributed by atoms with Crippen molar-refractivity contribution in [2.75, 3.05) is 25.6 Å². The van der Waals surface area contributed by atoms with Crippen molar-refractivity contribution < 1.29 is 9.53 Å². The Morgan fingerprint density at radius 2 is 2.20 bits per heavy atom. The van der Waals surface area contributed by atoms with Crippen LogP contribution in [0.5, 0.6) is 0 Å². The van der Waals surface area contributed by atoms with Crippen LogP contribution < -0.4 is 10.6 Å². The molecular formula is C13H13Cl2N3O2. The molecule has 0 heterocycles. The van der Waals surface area contributed by atoms with Crippen LogP contribution in [0.2, 0.25) is 10.0 Å². The van der Waals surface area contributed by atoms with Gasteiger partial charge in [0.1, 0.15) is 11.6 Å². The number of halogens is 2. The zero-order chi connectivity index (χ0) is 15.0. The van der Waals surface area contributed by atoms with Crippen LogP contribution in [0.1, 0.15) is 0 Å². The Labute approximate surface area is 127 Å². The van der Waals surface area contributed by atoms with E-state index in [2.05, 4.69) is 10.6 Å². The van der Waals surface area contributed by atoms with E-state index in [4.69, 9.17) is 33.2 Å². The molecule has 1 rings (SSSR count). The van der Waals surface area contributed by atoms with Crippen LogP contribution in [0.4, 0.5) is 5.69 Å². The number of methoxy groups -OCH3 is 1. The monoisotopic (exact) mass is 313 g/mol. The van der Waals surface area contributed by atoms with Crippen molar-refractivity contribution in [1.82, 2.24) is 5.32 Å². The lowest BCUT2D eigenvalue weighted by molar-refractivity contribution is -0.117. The molecule has 0 atom stereocenters. The second-order valence-corrected chi connectivity index (χ2v) is 4.51. The highest BCUT2D eigenvalue weighted by Gasteiger charge is 2.07.